The zero-order valence-corrected chi connectivity index (χ0v) is 18.9. The first-order chi connectivity index (χ1) is 16.8. The molecule has 0 unspecified atom stereocenters. The molecule has 0 atom stereocenters. The maximum Gasteiger partial charge on any atom is 0.101 e. The number of para-hydroxylation sites is 1. The monoisotopic (exact) mass is 451 g/mol. The van der Waals surface area contributed by atoms with Crippen LogP contribution in [-0.4, -0.2) is 9.55 Å². The molecule has 4 heteroatoms. The number of hydrogen-bond acceptors (Lipinski definition) is 3. The van der Waals surface area contributed by atoms with Crippen LogP contribution < -0.4 is 0 Å². The molecule has 0 aliphatic carbocycles. The lowest BCUT2D eigenvalue weighted by Crippen LogP contribution is -1.95. The van der Waals surface area contributed by atoms with Gasteiger partial charge in [0.05, 0.1) is 22.3 Å². The van der Waals surface area contributed by atoms with E-state index in [1.807, 2.05) is 29.5 Å². The fourth-order valence-electron chi connectivity index (χ4n) is 5.03. The Bertz CT molecular complexity index is 1930. The summed E-state index contributed by atoms with van der Waals surface area (Å²) >= 11 is 1.86. The highest BCUT2D eigenvalue weighted by atomic mass is 32.1. The summed E-state index contributed by atoms with van der Waals surface area (Å²) in [5.41, 5.74) is 5.62. The van der Waals surface area contributed by atoms with E-state index >= 15 is 0 Å². The number of fused-ring (bicyclic) bond motifs is 7. The molecule has 0 N–H and O–H groups in total. The van der Waals surface area contributed by atoms with Gasteiger partial charge in [0.15, 0.2) is 0 Å². The molecule has 0 saturated heterocycles. The molecule has 0 fully saturated rings. The molecule has 4 aromatic carbocycles. The highest BCUT2D eigenvalue weighted by Gasteiger charge is 2.17. The minimum atomic E-state index is 0.578. The molecule has 158 valence electrons. The molecule has 0 radical (unpaired) electrons. The Kier molecular flexibility index (Phi) is 4.08. The lowest BCUT2D eigenvalue weighted by atomic mass is 10.1. The van der Waals surface area contributed by atoms with Crippen molar-refractivity contribution in [2.75, 3.05) is 0 Å². The molecular weight excluding hydrogens is 434 g/mol. The van der Waals surface area contributed by atoms with E-state index in [1.54, 1.807) is 12.3 Å². The van der Waals surface area contributed by atoms with Crippen LogP contribution >= 0.6 is 11.3 Å². The number of rotatable bonds is 2. The van der Waals surface area contributed by atoms with Crippen molar-refractivity contribution in [2.45, 2.75) is 0 Å². The summed E-state index contributed by atoms with van der Waals surface area (Å²) < 4.78 is 4.96. The van der Waals surface area contributed by atoms with Gasteiger partial charge in [-0.3, -0.25) is 4.98 Å². The average Bonchev–Trinajstić information content (AvgIpc) is 3.44. The largest absolute Gasteiger partial charge is 0.309 e. The summed E-state index contributed by atoms with van der Waals surface area (Å²) in [4.78, 5) is 4.50. The molecule has 0 saturated carbocycles. The van der Waals surface area contributed by atoms with Crippen molar-refractivity contribution in [3.63, 3.8) is 0 Å². The van der Waals surface area contributed by atoms with Crippen molar-refractivity contribution < 1.29 is 0 Å². The molecule has 34 heavy (non-hydrogen) atoms. The molecule has 0 spiro atoms. The Hall–Kier alpha value is -4.46. The van der Waals surface area contributed by atoms with Crippen LogP contribution in [0.1, 0.15) is 5.56 Å². The fourth-order valence-corrected chi connectivity index (χ4v) is 6.29. The van der Waals surface area contributed by atoms with Gasteiger partial charge in [-0.15, -0.1) is 11.3 Å². The fraction of sp³-hybridized carbons (Fsp3) is 0. The summed E-state index contributed by atoms with van der Waals surface area (Å²) in [6.45, 7) is 0. The molecule has 7 rings (SSSR count). The van der Waals surface area contributed by atoms with E-state index in [4.69, 9.17) is 0 Å². The maximum absolute atomic E-state index is 9.58. The van der Waals surface area contributed by atoms with Gasteiger partial charge in [0.2, 0.25) is 0 Å². The van der Waals surface area contributed by atoms with Crippen molar-refractivity contribution in [3.8, 4) is 23.0 Å². The number of hydrogen-bond donors (Lipinski definition) is 0. The first-order valence-electron chi connectivity index (χ1n) is 11.1. The van der Waals surface area contributed by atoms with E-state index in [0.717, 1.165) is 11.3 Å². The number of aromatic nitrogens is 2. The van der Waals surface area contributed by atoms with Gasteiger partial charge >= 0.3 is 0 Å². The molecule has 0 aliphatic heterocycles. The number of nitrogens with zero attached hydrogens (tertiary/aromatic N) is 3. The standard InChI is InChI=1S/C30H17N3S/c31-18-20-8-6-16-32-29(20)19-7-5-9-21(17-19)33-25-12-3-1-11-24(25)28-26(33)15-14-23-22-10-2-4-13-27(22)34-30(23)28/h1-17H. The summed E-state index contributed by atoms with van der Waals surface area (Å²) in [7, 11) is 0. The number of thiophene rings is 1. The lowest BCUT2D eigenvalue weighted by molar-refractivity contribution is 1.18. The lowest BCUT2D eigenvalue weighted by Gasteiger charge is -2.10. The smallest absolute Gasteiger partial charge is 0.101 e. The van der Waals surface area contributed by atoms with Gasteiger partial charge in [0, 0.05) is 48.4 Å². The molecule has 7 aromatic rings. The second-order valence-corrected chi connectivity index (χ2v) is 9.40. The van der Waals surface area contributed by atoms with Crippen molar-refractivity contribution in [1.29, 1.82) is 5.26 Å². The Balaban J connectivity index is 1.57. The van der Waals surface area contributed by atoms with Crippen LogP contribution in [0.5, 0.6) is 0 Å². The van der Waals surface area contributed by atoms with Crippen molar-refractivity contribution in [1.82, 2.24) is 9.55 Å². The highest BCUT2D eigenvalue weighted by molar-refractivity contribution is 7.26. The summed E-state index contributed by atoms with van der Waals surface area (Å²) in [5.74, 6) is 0. The van der Waals surface area contributed by atoms with E-state index in [1.165, 1.54) is 42.0 Å². The SMILES string of the molecule is N#Cc1cccnc1-c1cccc(-n2c3ccccc3c3c4sc5ccccc5c4ccc32)c1. The average molecular weight is 452 g/mol. The Morgan fingerprint density at radius 2 is 1.59 bits per heavy atom. The van der Waals surface area contributed by atoms with E-state index in [9.17, 15) is 5.26 Å². The van der Waals surface area contributed by atoms with Crippen LogP contribution in [-0.2, 0) is 0 Å². The van der Waals surface area contributed by atoms with Gasteiger partial charge < -0.3 is 4.57 Å². The third kappa shape index (κ3) is 2.65. The Labute approximate surface area is 199 Å². The third-order valence-electron chi connectivity index (χ3n) is 6.49. The molecule has 0 amide bonds. The van der Waals surface area contributed by atoms with E-state index in [0.29, 0.717) is 11.3 Å². The quantitative estimate of drug-likeness (QED) is 0.266. The molecule has 3 aromatic heterocycles. The van der Waals surface area contributed by atoms with E-state index < -0.39 is 0 Å². The van der Waals surface area contributed by atoms with Gasteiger partial charge in [-0.05, 0) is 42.5 Å². The second kappa shape index (κ2) is 7.28. The Morgan fingerprint density at radius 1 is 0.735 bits per heavy atom. The van der Waals surface area contributed by atoms with Crippen LogP contribution in [0.2, 0.25) is 0 Å². The van der Waals surface area contributed by atoms with Gasteiger partial charge in [-0.25, -0.2) is 0 Å². The van der Waals surface area contributed by atoms with Crippen LogP contribution in [0.3, 0.4) is 0 Å². The van der Waals surface area contributed by atoms with Gasteiger partial charge in [0.1, 0.15) is 6.07 Å². The van der Waals surface area contributed by atoms with Crippen molar-refractivity contribution >= 4 is 53.3 Å². The molecule has 0 bridgehead atoms. The molecule has 3 nitrogen and oxygen atoms in total. The topological polar surface area (TPSA) is 41.6 Å². The number of benzene rings is 4. The van der Waals surface area contributed by atoms with Gasteiger partial charge in [-0.1, -0.05) is 54.6 Å². The Morgan fingerprint density at radius 3 is 2.50 bits per heavy atom. The summed E-state index contributed by atoms with van der Waals surface area (Å²) in [6.07, 6.45) is 1.74. The minimum Gasteiger partial charge on any atom is -0.309 e. The highest BCUT2D eigenvalue weighted by Crippen LogP contribution is 2.43. The van der Waals surface area contributed by atoms with Crippen LogP contribution in [0.25, 0.3) is 58.9 Å². The molecule has 0 aliphatic rings. The molecular formula is C30H17N3S. The summed E-state index contributed by atoms with van der Waals surface area (Å²) in [6, 6.07) is 35.9. The number of pyridine rings is 1. The van der Waals surface area contributed by atoms with Gasteiger partial charge in [-0.2, -0.15) is 5.26 Å². The summed E-state index contributed by atoms with van der Waals surface area (Å²) in [5, 5.41) is 14.7. The van der Waals surface area contributed by atoms with Crippen LogP contribution in [0.15, 0.2) is 103 Å². The van der Waals surface area contributed by atoms with E-state index in [-0.39, 0.29) is 0 Å². The zero-order valence-electron chi connectivity index (χ0n) is 18.1. The third-order valence-corrected chi connectivity index (χ3v) is 7.69. The van der Waals surface area contributed by atoms with Crippen molar-refractivity contribution in [3.05, 3.63) is 109 Å². The number of nitriles is 1. The molecule has 3 heterocycles. The first-order valence-corrected chi connectivity index (χ1v) is 11.9. The van der Waals surface area contributed by atoms with Crippen LogP contribution in [0, 0.1) is 11.3 Å². The predicted molar refractivity (Wildman–Crippen MR) is 142 cm³/mol. The van der Waals surface area contributed by atoms with Crippen molar-refractivity contribution in [2.24, 2.45) is 0 Å². The first kappa shape index (κ1) is 19.0. The maximum atomic E-state index is 9.58. The predicted octanol–water partition coefficient (Wildman–Crippen LogP) is 8.09. The van der Waals surface area contributed by atoms with Gasteiger partial charge in [0.25, 0.3) is 0 Å². The van der Waals surface area contributed by atoms with Crippen LogP contribution in [0.4, 0.5) is 0 Å². The zero-order chi connectivity index (χ0) is 22.6. The van der Waals surface area contributed by atoms with E-state index in [2.05, 4.69) is 88.4 Å². The normalized spacial score (nSPS) is 11.5. The second-order valence-electron chi connectivity index (χ2n) is 8.35. The minimum absolute atomic E-state index is 0.578.